The van der Waals surface area contributed by atoms with E-state index in [-0.39, 0.29) is 16.9 Å². The van der Waals surface area contributed by atoms with E-state index in [1.54, 1.807) is 6.07 Å². The molecular formula is C17H22N6O2. The summed E-state index contributed by atoms with van der Waals surface area (Å²) in [7, 11) is 0. The Labute approximate surface area is 146 Å². The van der Waals surface area contributed by atoms with Gasteiger partial charge in [-0.2, -0.15) is 5.26 Å². The Hall–Kier alpha value is -3.31. The largest absolute Gasteiger partial charge is 0.399 e. The van der Waals surface area contributed by atoms with Crippen LogP contribution in [0.1, 0.15) is 12.5 Å². The first kappa shape index (κ1) is 19.7. The van der Waals surface area contributed by atoms with Gasteiger partial charge in [-0.1, -0.05) is 0 Å². The Morgan fingerprint density at radius 2 is 1.84 bits per heavy atom. The van der Waals surface area contributed by atoms with Gasteiger partial charge in [0.1, 0.15) is 6.07 Å². The molecule has 0 aliphatic carbocycles. The summed E-state index contributed by atoms with van der Waals surface area (Å²) in [5, 5.41) is 18.7. The van der Waals surface area contributed by atoms with Crippen molar-refractivity contribution in [2.75, 3.05) is 36.0 Å². The number of nitro benzene ring substituents is 1. The highest BCUT2D eigenvalue weighted by Crippen LogP contribution is 2.18. The van der Waals surface area contributed by atoms with Crippen molar-refractivity contribution >= 4 is 22.7 Å². The SMILES string of the molecule is CCN(CCN)c1ccc(N)cc1.N#Cc1cc([N+](=O)[O-])ccc1N. The molecule has 8 nitrogen and oxygen atoms in total. The number of nitrogens with two attached hydrogens (primary N) is 3. The standard InChI is InChI=1S/C10H17N3.C7H5N3O2/c1-2-13(8-7-11)10-5-3-9(12)4-6-10;8-4-5-3-6(10(11)12)1-2-7(5)9/h3-6H,2,7-8,11-12H2,1H3;1-3H,9H2. The van der Waals surface area contributed by atoms with Crippen molar-refractivity contribution in [3.05, 3.63) is 58.1 Å². The number of non-ortho nitro benzene ring substituents is 1. The van der Waals surface area contributed by atoms with Gasteiger partial charge in [-0.3, -0.25) is 10.1 Å². The molecule has 132 valence electrons. The van der Waals surface area contributed by atoms with Crippen LogP contribution in [0.15, 0.2) is 42.5 Å². The van der Waals surface area contributed by atoms with Crippen molar-refractivity contribution in [3.63, 3.8) is 0 Å². The predicted octanol–water partition coefficient (Wildman–Crippen LogP) is 2.10. The molecule has 6 N–H and O–H groups in total. The number of nitriles is 1. The molecule has 0 radical (unpaired) electrons. The lowest BCUT2D eigenvalue weighted by molar-refractivity contribution is -0.384. The van der Waals surface area contributed by atoms with Gasteiger partial charge in [-0.15, -0.1) is 0 Å². The molecule has 0 heterocycles. The molecule has 0 atom stereocenters. The smallest absolute Gasteiger partial charge is 0.270 e. The summed E-state index contributed by atoms with van der Waals surface area (Å²) in [6.45, 7) is 4.66. The van der Waals surface area contributed by atoms with E-state index in [0.29, 0.717) is 6.54 Å². The molecule has 0 aliphatic heterocycles. The molecule has 0 spiro atoms. The summed E-state index contributed by atoms with van der Waals surface area (Å²) in [5.74, 6) is 0. The Morgan fingerprint density at radius 1 is 1.20 bits per heavy atom. The average Bonchev–Trinajstić information content (AvgIpc) is 2.61. The molecule has 0 aliphatic rings. The van der Waals surface area contributed by atoms with Crippen molar-refractivity contribution in [1.82, 2.24) is 0 Å². The molecule has 0 aromatic heterocycles. The van der Waals surface area contributed by atoms with E-state index >= 15 is 0 Å². The van der Waals surface area contributed by atoms with Crippen molar-refractivity contribution in [3.8, 4) is 6.07 Å². The first-order valence-corrected chi connectivity index (χ1v) is 7.67. The quantitative estimate of drug-likeness (QED) is 0.428. The predicted molar refractivity (Wildman–Crippen MR) is 100 cm³/mol. The topological polar surface area (TPSA) is 148 Å². The van der Waals surface area contributed by atoms with Gasteiger partial charge in [0.15, 0.2) is 0 Å². The van der Waals surface area contributed by atoms with Gasteiger partial charge in [0.2, 0.25) is 0 Å². The first-order chi connectivity index (χ1) is 11.9. The fourth-order valence-electron chi connectivity index (χ4n) is 2.07. The van der Waals surface area contributed by atoms with Crippen LogP contribution in [0.3, 0.4) is 0 Å². The van der Waals surface area contributed by atoms with Gasteiger partial charge in [-0.25, -0.2) is 0 Å². The van der Waals surface area contributed by atoms with E-state index in [1.807, 2.05) is 24.3 Å². The summed E-state index contributed by atoms with van der Waals surface area (Å²) < 4.78 is 0. The summed E-state index contributed by atoms with van der Waals surface area (Å²) in [6.07, 6.45) is 0. The van der Waals surface area contributed by atoms with E-state index in [4.69, 9.17) is 22.5 Å². The van der Waals surface area contributed by atoms with Crippen molar-refractivity contribution in [2.45, 2.75) is 6.92 Å². The van der Waals surface area contributed by atoms with Gasteiger partial charge in [0.05, 0.1) is 10.5 Å². The summed E-state index contributed by atoms with van der Waals surface area (Å²) in [5.41, 5.74) is 18.7. The fourth-order valence-corrected chi connectivity index (χ4v) is 2.07. The molecule has 25 heavy (non-hydrogen) atoms. The van der Waals surface area contributed by atoms with Crippen LogP contribution in [-0.4, -0.2) is 24.6 Å². The summed E-state index contributed by atoms with van der Waals surface area (Å²) in [6, 6.07) is 13.4. The Morgan fingerprint density at radius 3 is 2.32 bits per heavy atom. The molecule has 2 aromatic rings. The lowest BCUT2D eigenvalue weighted by Gasteiger charge is -2.22. The van der Waals surface area contributed by atoms with Gasteiger partial charge >= 0.3 is 0 Å². The number of anilines is 3. The molecule has 2 aromatic carbocycles. The maximum atomic E-state index is 10.2. The molecule has 0 saturated carbocycles. The van der Waals surface area contributed by atoms with E-state index in [9.17, 15) is 10.1 Å². The van der Waals surface area contributed by atoms with Crippen molar-refractivity contribution in [1.29, 1.82) is 5.26 Å². The third-order valence-electron chi connectivity index (χ3n) is 3.41. The lowest BCUT2D eigenvalue weighted by Crippen LogP contribution is -2.28. The van der Waals surface area contributed by atoms with Crippen LogP contribution >= 0.6 is 0 Å². The van der Waals surface area contributed by atoms with Gasteiger partial charge in [-0.05, 0) is 37.3 Å². The van der Waals surface area contributed by atoms with E-state index in [1.165, 1.54) is 17.8 Å². The Kier molecular flexibility index (Phi) is 7.69. The second-order valence-electron chi connectivity index (χ2n) is 5.10. The summed E-state index contributed by atoms with van der Waals surface area (Å²) in [4.78, 5) is 11.9. The number of rotatable bonds is 5. The normalized spacial score (nSPS) is 9.48. The number of nitro groups is 1. The van der Waals surface area contributed by atoms with Gasteiger partial charge < -0.3 is 22.1 Å². The molecule has 0 fully saturated rings. The zero-order chi connectivity index (χ0) is 18.8. The van der Waals surface area contributed by atoms with Crippen molar-refractivity contribution in [2.24, 2.45) is 5.73 Å². The van der Waals surface area contributed by atoms with Gasteiger partial charge in [0.25, 0.3) is 5.69 Å². The first-order valence-electron chi connectivity index (χ1n) is 7.67. The zero-order valence-corrected chi connectivity index (χ0v) is 14.1. The number of hydrogen-bond donors (Lipinski definition) is 3. The minimum atomic E-state index is -0.569. The molecule has 8 heteroatoms. The number of hydrogen-bond acceptors (Lipinski definition) is 7. The third-order valence-corrected chi connectivity index (χ3v) is 3.41. The second kappa shape index (κ2) is 9.75. The number of likely N-dealkylation sites (N-methyl/N-ethyl adjacent to an activating group) is 1. The Bertz CT molecular complexity index is 740. The second-order valence-corrected chi connectivity index (χ2v) is 5.10. The molecule has 0 unspecified atom stereocenters. The molecule has 0 amide bonds. The van der Waals surface area contributed by atoms with Gasteiger partial charge in [0, 0.05) is 48.8 Å². The molecular weight excluding hydrogens is 320 g/mol. The monoisotopic (exact) mass is 342 g/mol. The van der Waals surface area contributed by atoms with Crippen LogP contribution in [0.2, 0.25) is 0 Å². The van der Waals surface area contributed by atoms with Crippen LogP contribution in [0, 0.1) is 21.4 Å². The van der Waals surface area contributed by atoms with E-state index in [2.05, 4.69) is 11.8 Å². The maximum Gasteiger partial charge on any atom is 0.270 e. The summed E-state index contributed by atoms with van der Waals surface area (Å²) >= 11 is 0. The van der Waals surface area contributed by atoms with Crippen LogP contribution < -0.4 is 22.1 Å². The van der Waals surface area contributed by atoms with Crippen molar-refractivity contribution < 1.29 is 4.92 Å². The highest BCUT2D eigenvalue weighted by molar-refractivity contribution is 5.58. The molecule has 0 saturated heterocycles. The molecule has 2 rings (SSSR count). The third kappa shape index (κ3) is 6.01. The van der Waals surface area contributed by atoms with E-state index in [0.717, 1.165) is 24.8 Å². The lowest BCUT2D eigenvalue weighted by atomic mass is 10.2. The minimum absolute atomic E-state index is 0.124. The van der Waals surface area contributed by atoms with Crippen LogP contribution in [0.4, 0.5) is 22.7 Å². The highest BCUT2D eigenvalue weighted by atomic mass is 16.6. The average molecular weight is 342 g/mol. The molecule has 0 bridgehead atoms. The maximum absolute atomic E-state index is 10.2. The number of nitrogen functional groups attached to an aromatic ring is 2. The van der Waals surface area contributed by atoms with Crippen LogP contribution in [0.25, 0.3) is 0 Å². The van der Waals surface area contributed by atoms with Crippen LogP contribution in [-0.2, 0) is 0 Å². The highest BCUT2D eigenvalue weighted by Gasteiger charge is 2.07. The van der Waals surface area contributed by atoms with E-state index < -0.39 is 4.92 Å². The number of nitrogens with zero attached hydrogens (tertiary/aromatic N) is 3. The number of benzene rings is 2. The van der Waals surface area contributed by atoms with Crippen LogP contribution in [0.5, 0.6) is 0 Å². The zero-order valence-electron chi connectivity index (χ0n) is 14.1. The minimum Gasteiger partial charge on any atom is -0.399 e. The fraction of sp³-hybridized carbons (Fsp3) is 0.235. The Balaban J connectivity index is 0.000000251.